The second-order valence-corrected chi connectivity index (χ2v) is 10.2. The van der Waals surface area contributed by atoms with Gasteiger partial charge in [0.2, 0.25) is 0 Å². The van der Waals surface area contributed by atoms with E-state index >= 15 is 0 Å². The topological polar surface area (TPSA) is 42.3 Å². The first-order valence-electron chi connectivity index (χ1n) is 14.2. The molecule has 0 saturated carbocycles. The number of aldehydes is 1. The molecular formula is C36H35F3N2O2. The third kappa shape index (κ3) is 5.59. The van der Waals surface area contributed by atoms with Gasteiger partial charge in [-0.3, -0.25) is 9.59 Å². The first-order valence-corrected chi connectivity index (χ1v) is 14.2. The average Bonchev–Trinajstić information content (AvgIpc) is 3.00. The first-order chi connectivity index (χ1) is 20.5. The summed E-state index contributed by atoms with van der Waals surface area (Å²) in [6, 6.07) is 17.9. The van der Waals surface area contributed by atoms with Crippen molar-refractivity contribution < 1.29 is 18.0 Å². The Morgan fingerprint density at radius 1 is 0.860 bits per heavy atom. The van der Waals surface area contributed by atoms with Crippen LogP contribution in [0.2, 0.25) is 0 Å². The number of hydrogen-bond donors (Lipinski definition) is 0. The van der Waals surface area contributed by atoms with Crippen molar-refractivity contribution in [2.75, 3.05) is 11.9 Å². The van der Waals surface area contributed by atoms with Gasteiger partial charge in [-0.15, -0.1) is 0 Å². The van der Waals surface area contributed by atoms with Gasteiger partial charge in [-0.25, -0.2) is 0 Å². The molecule has 0 radical (unpaired) electrons. The number of alkyl halides is 3. The summed E-state index contributed by atoms with van der Waals surface area (Å²) in [6.07, 6.45) is 0.106. The van der Waals surface area contributed by atoms with Crippen LogP contribution in [0.15, 0.2) is 77.6 Å². The van der Waals surface area contributed by atoms with E-state index in [-0.39, 0.29) is 11.0 Å². The first kappa shape index (κ1) is 31.3. The number of pyridine rings is 1. The molecule has 1 heterocycles. The minimum Gasteiger partial charge on any atom is -0.344 e. The Bertz CT molecular complexity index is 1930. The van der Waals surface area contributed by atoms with Gasteiger partial charge in [0, 0.05) is 30.7 Å². The van der Waals surface area contributed by atoms with Crippen molar-refractivity contribution in [3.63, 3.8) is 0 Å². The van der Waals surface area contributed by atoms with Crippen LogP contribution in [0.3, 0.4) is 0 Å². The molecule has 0 fully saturated rings. The molecule has 4 nitrogen and oxygen atoms in total. The maximum atomic E-state index is 13.9. The summed E-state index contributed by atoms with van der Waals surface area (Å²) in [4.78, 5) is 28.0. The molecule has 43 heavy (non-hydrogen) atoms. The van der Waals surface area contributed by atoms with E-state index in [0.717, 1.165) is 34.6 Å². The summed E-state index contributed by atoms with van der Waals surface area (Å²) in [7, 11) is 3.65. The fourth-order valence-electron chi connectivity index (χ4n) is 5.62. The Balaban J connectivity index is 0.00000207. The summed E-state index contributed by atoms with van der Waals surface area (Å²) in [5, 5.41) is 1.08. The highest BCUT2D eigenvalue weighted by atomic mass is 19.4. The zero-order valence-corrected chi connectivity index (χ0v) is 25.4. The van der Waals surface area contributed by atoms with Gasteiger partial charge >= 0.3 is 6.18 Å². The van der Waals surface area contributed by atoms with Crippen LogP contribution in [0, 0.1) is 13.8 Å². The third-order valence-corrected chi connectivity index (χ3v) is 7.70. The Kier molecular flexibility index (Phi) is 8.95. The van der Waals surface area contributed by atoms with Gasteiger partial charge < -0.3 is 9.47 Å². The van der Waals surface area contributed by atoms with E-state index in [0.29, 0.717) is 38.8 Å². The number of aryl methyl sites for hydroxylation is 3. The minimum atomic E-state index is -4.48. The van der Waals surface area contributed by atoms with Gasteiger partial charge in [-0.2, -0.15) is 13.2 Å². The fourth-order valence-corrected chi connectivity index (χ4v) is 5.62. The number of aromatic nitrogens is 1. The molecule has 0 aliphatic carbocycles. The van der Waals surface area contributed by atoms with Crippen LogP contribution < -0.4 is 10.3 Å². The highest BCUT2D eigenvalue weighted by molar-refractivity contribution is 6.02. The molecule has 0 spiro atoms. The van der Waals surface area contributed by atoms with E-state index in [4.69, 9.17) is 0 Å². The summed E-state index contributed by atoms with van der Waals surface area (Å²) in [5.41, 5.74) is 5.27. The summed E-state index contributed by atoms with van der Waals surface area (Å²) >= 11 is 0. The molecule has 0 aliphatic heterocycles. The van der Waals surface area contributed by atoms with Gasteiger partial charge in [-0.05, 0) is 85.0 Å². The maximum Gasteiger partial charge on any atom is 0.417 e. The van der Waals surface area contributed by atoms with Crippen LogP contribution in [0.25, 0.3) is 39.0 Å². The summed E-state index contributed by atoms with van der Waals surface area (Å²) < 4.78 is 42.9. The molecule has 0 N–H and O–H groups in total. The predicted octanol–water partition coefficient (Wildman–Crippen LogP) is 9.63. The SMILES string of the molecule is C/C=C\c1c(C)ccc2c1c(=O)c1cc(N(C)c3ccc(-c4ccccc4C(F)(F)F)cc3C)c(C=O)cc1n2C.CC. The number of carbonyl (C=O) groups excluding carboxylic acids is 1. The van der Waals surface area contributed by atoms with E-state index in [9.17, 15) is 22.8 Å². The van der Waals surface area contributed by atoms with E-state index in [1.54, 1.807) is 48.3 Å². The highest BCUT2D eigenvalue weighted by Gasteiger charge is 2.33. The molecule has 4 aromatic carbocycles. The Labute approximate surface area is 249 Å². The standard InChI is InChI=1S/C34H29F3N2O2.C2H6/c1-6-9-24-20(2)12-14-29-32(24)33(41)26-18-30(23(19-40)17-31(26)39(29)5)38(4)28-15-13-22(16-21(28)3)25-10-7-8-11-27(25)34(35,36)37;1-2/h6-19H,1-5H3;1-2H3/b9-6-;. The van der Waals surface area contributed by atoms with E-state index in [1.165, 1.54) is 12.1 Å². The number of hydrogen-bond acceptors (Lipinski definition) is 3. The molecule has 0 amide bonds. The van der Waals surface area contributed by atoms with Crippen molar-refractivity contribution in [2.45, 2.75) is 40.8 Å². The van der Waals surface area contributed by atoms with Gasteiger partial charge in [0.05, 0.1) is 27.7 Å². The number of benzene rings is 4. The number of nitrogens with zero attached hydrogens (tertiary/aromatic N) is 2. The van der Waals surface area contributed by atoms with Crippen LogP contribution >= 0.6 is 0 Å². The van der Waals surface area contributed by atoms with Gasteiger partial charge in [0.25, 0.3) is 0 Å². The molecule has 222 valence electrons. The molecule has 7 heteroatoms. The van der Waals surface area contributed by atoms with Crippen molar-refractivity contribution >= 4 is 45.5 Å². The zero-order chi connectivity index (χ0) is 31.6. The normalized spacial score (nSPS) is 11.6. The van der Waals surface area contributed by atoms with Crippen molar-refractivity contribution in [2.24, 2.45) is 7.05 Å². The Morgan fingerprint density at radius 2 is 1.56 bits per heavy atom. The molecular weight excluding hydrogens is 549 g/mol. The lowest BCUT2D eigenvalue weighted by Crippen LogP contribution is -2.16. The smallest absolute Gasteiger partial charge is 0.344 e. The van der Waals surface area contributed by atoms with E-state index in [1.807, 2.05) is 70.5 Å². The van der Waals surface area contributed by atoms with Crippen LogP contribution in [0.5, 0.6) is 0 Å². The molecule has 5 rings (SSSR count). The molecule has 1 aromatic heterocycles. The van der Waals surface area contributed by atoms with Gasteiger partial charge in [0.1, 0.15) is 0 Å². The molecule has 0 atom stereocenters. The number of allylic oxidation sites excluding steroid dienone is 1. The van der Waals surface area contributed by atoms with Crippen molar-refractivity contribution in [1.29, 1.82) is 0 Å². The number of fused-ring (bicyclic) bond motifs is 2. The summed E-state index contributed by atoms with van der Waals surface area (Å²) in [5.74, 6) is 0. The molecule has 0 aliphatic rings. The van der Waals surface area contributed by atoms with E-state index < -0.39 is 11.7 Å². The molecule has 0 saturated heterocycles. The highest BCUT2D eigenvalue weighted by Crippen LogP contribution is 2.39. The molecule has 5 aromatic rings. The van der Waals surface area contributed by atoms with Gasteiger partial charge in [0.15, 0.2) is 11.7 Å². The van der Waals surface area contributed by atoms with Crippen LogP contribution in [0.4, 0.5) is 24.5 Å². The monoisotopic (exact) mass is 584 g/mol. The third-order valence-electron chi connectivity index (χ3n) is 7.70. The second-order valence-electron chi connectivity index (χ2n) is 10.2. The Hall–Kier alpha value is -4.65. The van der Waals surface area contributed by atoms with Crippen molar-refractivity contribution in [3.05, 3.63) is 111 Å². The van der Waals surface area contributed by atoms with Gasteiger partial charge in [-0.1, -0.05) is 56.3 Å². The zero-order valence-electron chi connectivity index (χ0n) is 25.4. The lowest BCUT2D eigenvalue weighted by atomic mass is 9.96. The van der Waals surface area contributed by atoms with Crippen LogP contribution in [0.1, 0.15) is 53.4 Å². The number of anilines is 2. The predicted molar refractivity (Wildman–Crippen MR) is 173 cm³/mol. The summed E-state index contributed by atoms with van der Waals surface area (Å²) in [6.45, 7) is 9.68. The van der Waals surface area contributed by atoms with Crippen molar-refractivity contribution in [3.8, 4) is 11.1 Å². The minimum absolute atomic E-state index is 0.0965. The second kappa shape index (κ2) is 12.3. The lowest BCUT2D eigenvalue weighted by molar-refractivity contribution is -0.137. The maximum absolute atomic E-state index is 13.9. The number of halogens is 3. The average molecular weight is 585 g/mol. The fraction of sp³-hybridized carbons (Fsp3) is 0.222. The number of carbonyl (C=O) groups is 1. The molecule has 0 bridgehead atoms. The largest absolute Gasteiger partial charge is 0.417 e. The number of rotatable bonds is 5. The molecule has 0 unspecified atom stereocenters. The lowest BCUT2D eigenvalue weighted by Gasteiger charge is -2.25. The van der Waals surface area contributed by atoms with Crippen LogP contribution in [-0.2, 0) is 13.2 Å². The van der Waals surface area contributed by atoms with Crippen molar-refractivity contribution in [1.82, 2.24) is 4.57 Å². The Morgan fingerprint density at radius 3 is 2.19 bits per heavy atom. The van der Waals surface area contributed by atoms with Crippen LogP contribution in [-0.4, -0.2) is 17.9 Å². The quantitative estimate of drug-likeness (QED) is 0.153. The van der Waals surface area contributed by atoms with E-state index in [2.05, 4.69) is 0 Å².